The van der Waals surface area contributed by atoms with Gasteiger partial charge in [-0.2, -0.15) is 0 Å². The number of unbranched alkanes of at least 4 members (excludes halogenated alkanes) is 1. The lowest BCUT2D eigenvalue weighted by Crippen LogP contribution is -2.25. The van der Waals surface area contributed by atoms with Gasteiger partial charge in [-0.15, -0.1) is 0 Å². The van der Waals surface area contributed by atoms with Crippen LogP contribution < -0.4 is 27.0 Å². The highest BCUT2D eigenvalue weighted by Gasteiger charge is 2.26. The number of nitrogens with two attached hydrogens (primary N) is 1. The summed E-state index contributed by atoms with van der Waals surface area (Å²) in [7, 11) is 0. The van der Waals surface area contributed by atoms with Crippen molar-refractivity contribution < 1.29 is 23.2 Å². The highest BCUT2D eigenvalue weighted by Crippen LogP contribution is 2.34. The van der Waals surface area contributed by atoms with E-state index in [1.165, 1.54) is 36.5 Å². The summed E-state index contributed by atoms with van der Waals surface area (Å²) in [5, 5.41) is 11.5. The Morgan fingerprint density at radius 1 is 0.977 bits per heavy atom. The van der Waals surface area contributed by atoms with E-state index < -0.39 is 17.5 Å². The summed E-state index contributed by atoms with van der Waals surface area (Å²) in [6.07, 6.45) is 4.53. The summed E-state index contributed by atoms with van der Waals surface area (Å²) >= 11 is 0. The van der Waals surface area contributed by atoms with Crippen LogP contribution in [-0.2, 0) is 4.79 Å². The van der Waals surface area contributed by atoms with Crippen LogP contribution in [-0.4, -0.2) is 40.8 Å². The van der Waals surface area contributed by atoms with Crippen LogP contribution in [0.5, 0.6) is 0 Å². The number of carbonyl (C=O) groups excluding carboxylic acids is 3. The fourth-order valence-electron chi connectivity index (χ4n) is 4.94. The third-order valence-corrected chi connectivity index (χ3v) is 7.24. The third kappa shape index (κ3) is 6.59. The average Bonchev–Trinajstić information content (AvgIpc) is 3.45. The Labute approximate surface area is 252 Å². The van der Waals surface area contributed by atoms with Gasteiger partial charge in [0.2, 0.25) is 0 Å². The molecule has 44 heavy (non-hydrogen) atoms. The largest absolute Gasteiger partial charge is 0.397 e. The second kappa shape index (κ2) is 12.8. The molecule has 0 unspecified atom stereocenters. The van der Waals surface area contributed by atoms with Gasteiger partial charge in [0.05, 0.1) is 28.1 Å². The number of anilines is 4. The number of nitrogens with one attached hydrogen (secondary N) is 5. The lowest BCUT2D eigenvalue weighted by atomic mass is 10.0. The maximum absolute atomic E-state index is 13.8. The maximum atomic E-state index is 13.8. The summed E-state index contributed by atoms with van der Waals surface area (Å²) < 4.78 is 27.0. The van der Waals surface area contributed by atoms with E-state index in [1.54, 1.807) is 32.1 Å². The first kappa shape index (κ1) is 30.0. The molecule has 0 bridgehead atoms. The Morgan fingerprint density at radius 2 is 1.73 bits per heavy atom. The third-order valence-electron chi connectivity index (χ3n) is 7.24. The van der Waals surface area contributed by atoms with Gasteiger partial charge in [0.25, 0.3) is 17.7 Å². The molecule has 0 aliphatic carbocycles. The number of nitrogens with zero attached hydrogens (tertiary/aromatic N) is 1. The minimum atomic E-state index is -0.488. The number of rotatable bonds is 10. The van der Waals surface area contributed by atoms with Crippen molar-refractivity contribution in [1.29, 1.82) is 0 Å². The maximum Gasteiger partial charge on any atom is 0.257 e. The molecule has 0 spiro atoms. The van der Waals surface area contributed by atoms with Gasteiger partial charge in [0, 0.05) is 41.9 Å². The van der Waals surface area contributed by atoms with E-state index in [4.69, 9.17) is 5.73 Å². The van der Waals surface area contributed by atoms with Crippen molar-refractivity contribution >= 4 is 52.3 Å². The van der Waals surface area contributed by atoms with Gasteiger partial charge in [-0.1, -0.05) is 0 Å². The second-order valence-electron chi connectivity index (χ2n) is 10.4. The number of fused-ring (bicyclic) bond motifs is 1. The van der Waals surface area contributed by atoms with Crippen LogP contribution in [0.3, 0.4) is 0 Å². The van der Waals surface area contributed by atoms with Crippen LogP contribution in [0.25, 0.3) is 11.6 Å². The van der Waals surface area contributed by atoms with E-state index in [-0.39, 0.29) is 17.5 Å². The molecule has 7 N–H and O–H groups in total. The van der Waals surface area contributed by atoms with Gasteiger partial charge in [-0.25, -0.2) is 13.8 Å². The monoisotopic (exact) mass is 599 g/mol. The van der Waals surface area contributed by atoms with Gasteiger partial charge in [-0.3, -0.25) is 14.4 Å². The quantitative estimate of drug-likeness (QED) is 0.0831. The number of hydrogen-bond donors (Lipinski definition) is 6. The normalized spacial score (nSPS) is 13.0. The standard InChI is InChI=1S/C32H31F2N7O3/c1-17-27(15-23-22-13-20(33)6-8-25(22)40-31(23)43)39-18(2)29(17)32(44)37-12-4-3-11-36-28-10-5-19(16-38-28)30(42)41-26-9-7-21(34)14-24(26)35/h5-10,13-16,39H,3-4,11-12,35H2,1-2H3,(H,36,38)(H,37,44)(H,40,43)(H,41,42). The van der Waals surface area contributed by atoms with E-state index in [0.29, 0.717) is 75.9 Å². The predicted molar refractivity (Wildman–Crippen MR) is 166 cm³/mol. The molecule has 0 radical (unpaired) electrons. The van der Waals surface area contributed by atoms with Crippen LogP contribution in [0.1, 0.15) is 56.1 Å². The zero-order chi connectivity index (χ0) is 31.4. The molecule has 1 aliphatic rings. The summed E-state index contributed by atoms with van der Waals surface area (Å²) in [6.45, 7) is 4.64. The Hall–Kier alpha value is -5.52. The van der Waals surface area contributed by atoms with E-state index in [0.717, 1.165) is 12.5 Å². The lowest BCUT2D eigenvalue weighted by molar-refractivity contribution is -0.110. The molecule has 0 fully saturated rings. The average molecular weight is 600 g/mol. The van der Waals surface area contributed by atoms with Gasteiger partial charge < -0.3 is 32.0 Å². The number of aromatic nitrogens is 2. The molecule has 3 heterocycles. The van der Waals surface area contributed by atoms with Crippen LogP contribution in [0.2, 0.25) is 0 Å². The highest BCUT2D eigenvalue weighted by atomic mass is 19.1. The van der Waals surface area contributed by atoms with Crippen molar-refractivity contribution in [1.82, 2.24) is 15.3 Å². The molecule has 2 aromatic heterocycles. The molecular weight excluding hydrogens is 568 g/mol. The number of aryl methyl sites for hydroxylation is 1. The van der Waals surface area contributed by atoms with E-state index in [2.05, 4.69) is 31.2 Å². The van der Waals surface area contributed by atoms with Crippen molar-refractivity contribution in [3.8, 4) is 0 Å². The fraction of sp³-hybridized carbons (Fsp3) is 0.188. The molecule has 2 aromatic carbocycles. The first-order valence-corrected chi connectivity index (χ1v) is 14.0. The molecule has 0 atom stereocenters. The molecule has 226 valence electrons. The minimum absolute atomic E-state index is 0.126. The lowest BCUT2D eigenvalue weighted by Gasteiger charge is -2.09. The van der Waals surface area contributed by atoms with Gasteiger partial charge in [0.1, 0.15) is 17.5 Å². The molecule has 4 aromatic rings. The fourth-order valence-corrected chi connectivity index (χ4v) is 4.94. The van der Waals surface area contributed by atoms with Crippen molar-refractivity contribution in [3.63, 3.8) is 0 Å². The number of hydrogen-bond acceptors (Lipinski definition) is 6. The topological polar surface area (TPSA) is 154 Å². The van der Waals surface area contributed by atoms with Crippen molar-refractivity contribution in [2.24, 2.45) is 0 Å². The van der Waals surface area contributed by atoms with E-state index >= 15 is 0 Å². The van der Waals surface area contributed by atoms with Crippen LogP contribution >= 0.6 is 0 Å². The first-order valence-electron chi connectivity index (χ1n) is 14.0. The number of aromatic amines is 1. The van der Waals surface area contributed by atoms with E-state index in [1.807, 2.05) is 0 Å². The zero-order valence-corrected chi connectivity index (χ0v) is 24.1. The van der Waals surface area contributed by atoms with Crippen LogP contribution in [0.4, 0.5) is 31.7 Å². The van der Waals surface area contributed by atoms with Crippen molar-refractivity contribution in [2.75, 3.05) is 34.8 Å². The molecule has 0 saturated heterocycles. The summed E-state index contributed by atoms with van der Waals surface area (Å²) in [6, 6.07) is 11.2. The van der Waals surface area contributed by atoms with Gasteiger partial charge in [-0.05, 0) is 86.9 Å². The number of H-pyrrole nitrogens is 1. The molecular formula is C32H31F2N7O3. The number of carbonyl (C=O) groups is 3. The molecule has 0 saturated carbocycles. The summed E-state index contributed by atoms with van der Waals surface area (Å²) in [5.41, 5.74) is 10.3. The minimum Gasteiger partial charge on any atom is -0.397 e. The Morgan fingerprint density at radius 3 is 2.48 bits per heavy atom. The predicted octanol–water partition coefficient (Wildman–Crippen LogP) is 5.25. The zero-order valence-electron chi connectivity index (χ0n) is 24.1. The summed E-state index contributed by atoms with van der Waals surface area (Å²) in [5.74, 6) is -1.31. The molecule has 5 rings (SSSR count). The second-order valence-corrected chi connectivity index (χ2v) is 10.4. The van der Waals surface area contributed by atoms with Crippen molar-refractivity contribution in [3.05, 3.63) is 100 Å². The van der Waals surface area contributed by atoms with E-state index in [9.17, 15) is 23.2 Å². The number of pyridine rings is 1. The SMILES string of the molecule is Cc1[nH]c(C=C2C(=O)Nc3ccc(F)cc32)c(C)c1C(=O)NCCCCNc1ccc(C(=O)Nc2ccc(F)cc2N)cn1. The Kier molecular flexibility index (Phi) is 8.70. The van der Waals surface area contributed by atoms with Gasteiger partial charge in [0.15, 0.2) is 0 Å². The van der Waals surface area contributed by atoms with Crippen molar-refractivity contribution in [2.45, 2.75) is 26.7 Å². The first-order chi connectivity index (χ1) is 21.1. The molecule has 3 amide bonds. The molecule has 1 aliphatic heterocycles. The number of halogens is 2. The number of nitrogen functional groups attached to an aromatic ring is 1. The Balaban J connectivity index is 1.08. The highest BCUT2D eigenvalue weighted by molar-refractivity contribution is 6.35. The summed E-state index contributed by atoms with van der Waals surface area (Å²) in [4.78, 5) is 45.3. The van der Waals surface area contributed by atoms with Crippen LogP contribution in [0.15, 0.2) is 54.7 Å². The number of amides is 3. The Bertz CT molecular complexity index is 1780. The molecule has 10 nitrogen and oxygen atoms in total. The smallest absolute Gasteiger partial charge is 0.257 e. The van der Waals surface area contributed by atoms with Crippen LogP contribution in [0, 0.1) is 25.5 Å². The molecule has 12 heteroatoms. The number of benzene rings is 2. The van der Waals surface area contributed by atoms with Gasteiger partial charge >= 0.3 is 0 Å².